The summed E-state index contributed by atoms with van der Waals surface area (Å²) in [5.74, 6) is 1.18. The van der Waals surface area contributed by atoms with Crippen LogP contribution >= 0.6 is 11.3 Å². The van der Waals surface area contributed by atoms with Crippen LogP contribution < -0.4 is 10.6 Å². The minimum absolute atomic E-state index is 0.0111. The zero-order valence-corrected chi connectivity index (χ0v) is 15.1. The van der Waals surface area contributed by atoms with Crippen LogP contribution in [0, 0.1) is 17.8 Å². The van der Waals surface area contributed by atoms with E-state index in [0.29, 0.717) is 18.1 Å². The zero-order chi connectivity index (χ0) is 17.4. The summed E-state index contributed by atoms with van der Waals surface area (Å²) in [7, 11) is 0. The third-order valence-corrected chi connectivity index (χ3v) is 6.89. The van der Waals surface area contributed by atoms with Crippen LogP contribution in [0.4, 0.5) is 5.13 Å². The van der Waals surface area contributed by atoms with Gasteiger partial charge in [0, 0.05) is 23.9 Å². The van der Waals surface area contributed by atoms with Crippen molar-refractivity contribution in [2.45, 2.75) is 50.4 Å². The van der Waals surface area contributed by atoms with Gasteiger partial charge in [0.15, 0.2) is 5.13 Å². The number of carbonyl (C=O) groups excluding carboxylic acids is 2. The molecule has 4 saturated carbocycles. The van der Waals surface area contributed by atoms with Crippen molar-refractivity contribution in [3.8, 4) is 0 Å². The molecule has 1 aromatic heterocycles. The number of thiazole rings is 1. The smallest absolute Gasteiger partial charge is 0.315 e. The summed E-state index contributed by atoms with van der Waals surface area (Å²) >= 11 is 1.41. The number of aliphatic hydroxyl groups excluding tert-OH is 1. The summed E-state index contributed by atoms with van der Waals surface area (Å²) in [5, 5.41) is 16.4. The number of hydrogen-bond donors (Lipinski definition) is 3. The molecular weight excluding hydrogens is 338 g/mol. The van der Waals surface area contributed by atoms with Crippen molar-refractivity contribution in [2.24, 2.45) is 17.8 Å². The quantitative estimate of drug-likeness (QED) is 0.551. The van der Waals surface area contributed by atoms with Crippen LogP contribution in [0.25, 0.3) is 0 Å². The Morgan fingerprint density at radius 1 is 1.16 bits per heavy atom. The van der Waals surface area contributed by atoms with Gasteiger partial charge in [0.05, 0.1) is 5.69 Å². The summed E-state index contributed by atoms with van der Waals surface area (Å²) in [6.45, 7) is 0.280. The second kappa shape index (κ2) is 6.68. The number of carbonyl (C=O) groups is 2. The van der Waals surface area contributed by atoms with Gasteiger partial charge in [0.25, 0.3) is 0 Å². The fraction of sp³-hybridized carbons (Fsp3) is 0.722. The molecule has 5 rings (SSSR count). The monoisotopic (exact) mass is 363 g/mol. The molecule has 4 fully saturated rings. The lowest BCUT2D eigenvalue weighted by molar-refractivity contribution is -0.136. The van der Waals surface area contributed by atoms with Gasteiger partial charge in [-0.1, -0.05) is 0 Å². The normalized spacial score (nSPS) is 32.6. The average molecular weight is 363 g/mol. The molecule has 0 unspecified atom stereocenters. The second-order valence-corrected chi connectivity index (χ2v) is 8.88. The van der Waals surface area contributed by atoms with Crippen LogP contribution in [0.1, 0.15) is 50.6 Å². The zero-order valence-electron chi connectivity index (χ0n) is 14.3. The Kier molecular flexibility index (Phi) is 4.54. The Balaban J connectivity index is 1.41. The molecule has 0 radical (unpaired) electrons. The van der Waals surface area contributed by atoms with Gasteiger partial charge in [-0.3, -0.25) is 14.9 Å². The van der Waals surface area contributed by atoms with Crippen molar-refractivity contribution >= 4 is 28.3 Å². The molecule has 4 bridgehead atoms. The lowest BCUT2D eigenvalue weighted by Gasteiger charge is -2.56. The first-order valence-corrected chi connectivity index (χ1v) is 10.1. The molecule has 3 N–H and O–H groups in total. The minimum Gasteiger partial charge on any atom is -0.396 e. The molecule has 0 atom stereocenters. The Hall–Kier alpha value is -1.47. The molecule has 0 spiro atoms. The molecule has 25 heavy (non-hydrogen) atoms. The van der Waals surface area contributed by atoms with E-state index in [0.717, 1.165) is 23.4 Å². The lowest BCUT2D eigenvalue weighted by atomic mass is 9.49. The fourth-order valence-corrected chi connectivity index (χ4v) is 6.34. The molecule has 136 valence electrons. The number of nitrogens with one attached hydrogen (secondary N) is 2. The molecule has 7 heteroatoms. The van der Waals surface area contributed by atoms with Crippen molar-refractivity contribution in [3.63, 3.8) is 0 Å². The van der Waals surface area contributed by atoms with Gasteiger partial charge >= 0.3 is 11.8 Å². The van der Waals surface area contributed by atoms with Crippen LogP contribution in [0.3, 0.4) is 0 Å². The van der Waals surface area contributed by atoms with Crippen LogP contribution in [0.2, 0.25) is 0 Å². The van der Waals surface area contributed by atoms with Gasteiger partial charge in [-0.05, 0) is 62.7 Å². The van der Waals surface area contributed by atoms with Crippen molar-refractivity contribution in [1.29, 1.82) is 0 Å². The number of nitrogens with zero attached hydrogens (tertiary/aromatic N) is 1. The van der Waals surface area contributed by atoms with Crippen LogP contribution in [0.15, 0.2) is 5.38 Å². The first kappa shape index (κ1) is 17.0. The topological polar surface area (TPSA) is 91.3 Å². The van der Waals surface area contributed by atoms with E-state index >= 15 is 0 Å². The largest absolute Gasteiger partial charge is 0.396 e. The van der Waals surface area contributed by atoms with E-state index < -0.39 is 11.8 Å². The maximum atomic E-state index is 11.9. The van der Waals surface area contributed by atoms with Crippen molar-refractivity contribution in [3.05, 3.63) is 11.1 Å². The summed E-state index contributed by atoms with van der Waals surface area (Å²) in [4.78, 5) is 28.4. The number of aromatic nitrogens is 1. The second-order valence-electron chi connectivity index (χ2n) is 8.02. The third-order valence-electron chi connectivity index (χ3n) is 6.13. The van der Waals surface area contributed by atoms with E-state index in [2.05, 4.69) is 21.0 Å². The molecule has 1 heterocycles. The summed E-state index contributed by atoms with van der Waals surface area (Å²) < 4.78 is 0. The molecule has 0 saturated heterocycles. The maximum absolute atomic E-state index is 11.9. The van der Waals surface area contributed by atoms with E-state index in [1.165, 1.54) is 49.9 Å². The third kappa shape index (κ3) is 3.31. The minimum atomic E-state index is -0.690. The highest BCUT2D eigenvalue weighted by Crippen LogP contribution is 2.60. The van der Waals surface area contributed by atoms with E-state index in [1.807, 2.05) is 0 Å². The van der Waals surface area contributed by atoms with Crippen LogP contribution in [-0.4, -0.2) is 35.1 Å². The Morgan fingerprint density at radius 2 is 1.80 bits per heavy atom. The Bertz CT molecular complexity index is 637. The van der Waals surface area contributed by atoms with E-state index in [1.54, 1.807) is 0 Å². The first-order chi connectivity index (χ1) is 12.1. The van der Waals surface area contributed by atoms with Crippen LogP contribution in [0.5, 0.6) is 0 Å². The highest BCUT2D eigenvalue weighted by Gasteiger charge is 2.52. The van der Waals surface area contributed by atoms with E-state index in [-0.39, 0.29) is 12.0 Å². The fourth-order valence-electron chi connectivity index (χ4n) is 5.51. The molecule has 2 amide bonds. The number of aliphatic hydroxyl groups is 1. The number of hydrogen-bond acceptors (Lipinski definition) is 5. The lowest BCUT2D eigenvalue weighted by Crippen LogP contribution is -2.48. The van der Waals surface area contributed by atoms with Gasteiger partial charge in [-0.15, -0.1) is 11.3 Å². The van der Waals surface area contributed by atoms with Crippen molar-refractivity contribution in [2.75, 3.05) is 18.5 Å². The SMILES string of the molecule is O=C(NCCCO)C(=O)Nc1nc(C23CC4CC(CC(C4)C2)C3)cs1. The predicted octanol–water partition coefficient (Wildman–Crippen LogP) is 2.05. The number of rotatable bonds is 5. The highest BCUT2D eigenvalue weighted by molar-refractivity contribution is 7.14. The molecule has 6 nitrogen and oxygen atoms in total. The summed E-state index contributed by atoms with van der Waals surface area (Å²) in [6, 6.07) is 0. The molecule has 4 aliphatic rings. The number of amides is 2. The average Bonchev–Trinajstić information content (AvgIpc) is 3.03. The molecule has 1 aromatic rings. The van der Waals surface area contributed by atoms with Gasteiger partial charge in [-0.2, -0.15) is 0 Å². The van der Waals surface area contributed by atoms with Gasteiger partial charge in [0.1, 0.15) is 0 Å². The van der Waals surface area contributed by atoms with Crippen LogP contribution in [-0.2, 0) is 15.0 Å². The Labute approximate surface area is 151 Å². The highest BCUT2D eigenvalue weighted by atomic mass is 32.1. The summed E-state index contributed by atoms with van der Waals surface area (Å²) in [5.41, 5.74) is 1.32. The Morgan fingerprint density at radius 3 is 2.40 bits per heavy atom. The predicted molar refractivity (Wildman–Crippen MR) is 95.3 cm³/mol. The molecular formula is C18H25N3O3S. The van der Waals surface area contributed by atoms with Gasteiger partial charge in [-0.25, -0.2) is 4.98 Å². The maximum Gasteiger partial charge on any atom is 0.315 e. The summed E-state index contributed by atoms with van der Waals surface area (Å²) in [6.07, 6.45) is 8.31. The van der Waals surface area contributed by atoms with Gasteiger partial charge in [0.2, 0.25) is 0 Å². The van der Waals surface area contributed by atoms with Gasteiger partial charge < -0.3 is 10.4 Å². The first-order valence-electron chi connectivity index (χ1n) is 9.24. The molecule has 4 aliphatic carbocycles. The van der Waals surface area contributed by atoms with Crippen molar-refractivity contribution < 1.29 is 14.7 Å². The molecule has 0 aliphatic heterocycles. The van der Waals surface area contributed by atoms with E-state index in [9.17, 15) is 9.59 Å². The van der Waals surface area contributed by atoms with E-state index in [4.69, 9.17) is 5.11 Å². The number of anilines is 1. The van der Waals surface area contributed by atoms with Crippen molar-refractivity contribution in [1.82, 2.24) is 10.3 Å². The molecule has 0 aromatic carbocycles. The standard InChI is InChI=1S/C18H25N3O3S/c22-3-1-2-19-15(23)16(24)21-17-20-14(10-25-17)18-7-11-4-12(8-18)6-13(5-11)9-18/h10-13,22H,1-9H2,(H,19,23)(H,20,21,24).